The van der Waals surface area contributed by atoms with Crippen LogP contribution in [0.3, 0.4) is 0 Å². The highest BCUT2D eigenvalue weighted by atomic mass is 32.1. The maximum Gasteiger partial charge on any atom is 0.175 e. The van der Waals surface area contributed by atoms with Gasteiger partial charge in [-0.25, -0.2) is 9.98 Å². The van der Waals surface area contributed by atoms with Crippen molar-refractivity contribution in [3.63, 3.8) is 0 Å². The molecule has 0 saturated heterocycles. The van der Waals surface area contributed by atoms with E-state index in [1.807, 2.05) is 43.3 Å². The minimum absolute atomic E-state index is 0.136. The quantitative estimate of drug-likeness (QED) is 0.651. The third-order valence-electron chi connectivity index (χ3n) is 3.51. The Morgan fingerprint density at radius 2 is 2.12 bits per heavy atom. The molecule has 5 nitrogen and oxygen atoms in total. The average molecular weight is 337 g/mol. The second kappa shape index (κ2) is 7.31. The smallest absolute Gasteiger partial charge is 0.175 e. The average Bonchev–Trinajstić information content (AvgIpc) is 2.60. The molecule has 0 fully saturated rings. The summed E-state index contributed by atoms with van der Waals surface area (Å²) in [6.07, 6.45) is 4.40. The van der Waals surface area contributed by atoms with Crippen molar-refractivity contribution < 1.29 is 0 Å². The van der Waals surface area contributed by atoms with Gasteiger partial charge in [0.05, 0.1) is 11.9 Å². The number of rotatable bonds is 4. The molecule has 3 rings (SSSR count). The maximum atomic E-state index is 5.28. The fraction of sp³-hybridized carbons (Fsp3) is 0.222. The van der Waals surface area contributed by atoms with E-state index >= 15 is 0 Å². The minimum Gasteiger partial charge on any atom is -0.359 e. The molecule has 0 spiro atoms. The van der Waals surface area contributed by atoms with Crippen LogP contribution in [0.1, 0.15) is 13.3 Å². The van der Waals surface area contributed by atoms with Gasteiger partial charge >= 0.3 is 0 Å². The van der Waals surface area contributed by atoms with Gasteiger partial charge in [-0.05, 0) is 19.1 Å². The van der Waals surface area contributed by atoms with Crippen molar-refractivity contribution >= 4 is 23.4 Å². The highest BCUT2D eigenvalue weighted by Gasteiger charge is 2.12. The second-order valence-electron chi connectivity index (χ2n) is 5.70. The van der Waals surface area contributed by atoms with Crippen molar-refractivity contribution in [3.05, 3.63) is 59.5 Å². The molecular weight excluding hydrogens is 318 g/mol. The van der Waals surface area contributed by atoms with Gasteiger partial charge in [-0.3, -0.25) is 4.98 Å². The highest BCUT2D eigenvalue weighted by molar-refractivity contribution is 7.80. The van der Waals surface area contributed by atoms with Crippen LogP contribution >= 0.6 is 12.2 Å². The molecule has 1 aliphatic heterocycles. The summed E-state index contributed by atoms with van der Waals surface area (Å²) in [5.41, 5.74) is 3.50. The van der Waals surface area contributed by atoms with Crippen LogP contribution < -0.4 is 21.5 Å². The summed E-state index contributed by atoms with van der Waals surface area (Å²) in [5, 5.41) is 7.67. The molecular formula is C18H19N5S. The van der Waals surface area contributed by atoms with E-state index in [4.69, 9.17) is 12.2 Å². The number of nitrogens with zero attached hydrogens (tertiary/aromatic N) is 3. The molecule has 0 bridgehead atoms. The van der Waals surface area contributed by atoms with Crippen LogP contribution in [0.4, 0.5) is 0 Å². The topological polar surface area (TPSA) is 62.2 Å². The van der Waals surface area contributed by atoms with E-state index in [1.54, 1.807) is 6.20 Å². The molecule has 1 unspecified atom stereocenters. The van der Waals surface area contributed by atoms with Crippen LogP contribution in [-0.4, -0.2) is 27.8 Å². The van der Waals surface area contributed by atoms with Gasteiger partial charge in [-0.1, -0.05) is 48.6 Å². The van der Waals surface area contributed by atoms with Crippen molar-refractivity contribution in [2.24, 2.45) is 4.99 Å². The van der Waals surface area contributed by atoms with E-state index in [9.17, 15) is 0 Å². The zero-order chi connectivity index (χ0) is 16.9. The third kappa shape index (κ3) is 4.02. The lowest BCUT2D eigenvalue weighted by atomic mass is 10.1. The summed E-state index contributed by atoms with van der Waals surface area (Å²) >= 11 is 5.28. The normalized spacial score (nSPS) is 15.5. The van der Waals surface area contributed by atoms with Gasteiger partial charge in [0.25, 0.3) is 0 Å². The molecule has 1 aromatic heterocycles. The highest BCUT2D eigenvalue weighted by Crippen LogP contribution is 2.12. The Labute approximate surface area is 146 Å². The molecule has 24 heavy (non-hydrogen) atoms. The van der Waals surface area contributed by atoms with Gasteiger partial charge in [0.2, 0.25) is 0 Å². The Morgan fingerprint density at radius 3 is 2.88 bits per heavy atom. The SMILES string of the molecule is C=C(C)CNC(=S)NC1CC=c2ncc(-c3ccccc3)nc2=N1. The molecule has 122 valence electrons. The van der Waals surface area contributed by atoms with Gasteiger partial charge in [0.1, 0.15) is 11.5 Å². The van der Waals surface area contributed by atoms with Crippen molar-refractivity contribution in [1.29, 1.82) is 0 Å². The van der Waals surface area contributed by atoms with Crippen LogP contribution in [0.15, 0.2) is 53.7 Å². The number of benzene rings is 1. The number of thiocarbonyl (C=S) groups is 1. The maximum absolute atomic E-state index is 5.28. The van der Waals surface area contributed by atoms with Crippen LogP contribution in [-0.2, 0) is 0 Å². The summed E-state index contributed by atoms with van der Waals surface area (Å²) in [5.74, 6) is 0. The summed E-state index contributed by atoms with van der Waals surface area (Å²) in [4.78, 5) is 13.7. The van der Waals surface area contributed by atoms with Crippen molar-refractivity contribution in [3.8, 4) is 11.3 Å². The Morgan fingerprint density at radius 1 is 1.33 bits per heavy atom. The lowest BCUT2D eigenvalue weighted by Crippen LogP contribution is -2.46. The van der Waals surface area contributed by atoms with Gasteiger partial charge in [0, 0.05) is 18.5 Å². The molecule has 1 atom stereocenters. The molecule has 0 saturated carbocycles. The Kier molecular flexibility index (Phi) is 4.96. The fourth-order valence-electron chi connectivity index (χ4n) is 2.32. The molecule has 0 aliphatic carbocycles. The zero-order valence-corrected chi connectivity index (χ0v) is 14.3. The molecule has 2 N–H and O–H groups in total. The molecule has 6 heteroatoms. The van der Waals surface area contributed by atoms with Crippen LogP contribution in [0.5, 0.6) is 0 Å². The Balaban J connectivity index is 1.79. The summed E-state index contributed by atoms with van der Waals surface area (Å²) in [6, 6.07) is 9.96. The van der Waals surface area contributed by atoms with E-state index in [0.29, 0.717) is 17.1 Å². The number of nitrogens with one attached hydrogen (secondary N) is 2. The van der Waals surface area contributed by atoms with Crippen LogP contribution in [0.25, 0.3) is 17.3 Å². The van der Waals surface area contributed by atoms with E-state index in [0.717, 1.165) is 28.6 Å². The first kappa shape index (κ1) is 16.3. The van der Waals surface area contributed by atoms with E-state index in [-0.39, 0.29) is 6.17 Å². The van der Waals surface area contributed by atoms with E-state index < -0.39 is 0 Å². The van der Waals surface area contributed by atoms with Gasteiger partial charge in [0.15, 0.2) is 10.6 Å². The first-order valence-corrected chi connectivity index (χ1v) is 8.18. The molecule has 0 radical (unpaired) electrons. The van der Waals surface area contributed by atoms with Crippen LogP contribution in [0, 0.1) is 0 Å². The standard InChI is InChI=1S/C18H19N5S/c1-12(2)10-20-18(24)23-16-9-8-14-17(22-16)21-15(11-19-14)13-6-4-3-5-7-13/h3-8,11,16H,1,9-10H2,2H3,(H2,20,23,24). The first-order chi connectivity index (χ1) is 11.6. The van der Waals surface area contributed by atoms with Gasteiger partial charge in [-0.15, -0.1) is 0 Å². The Bertz CT molecular complexity index is 876. The van der Waals surface area contributed by atoms with E-state index in [1.165, 1.54) is 0 Å². The summed E-state index contributed by atoms with van der Waals surface area (Å²) in [7, 11) is 0. The van der Waals surface area contributed by atoms with E-state index in [2.05, 4.69) is 32.2 Å². The van der Waals surface area contributed by atoms with Crippen molar-refractivity contribution in [2.75, 3.05) is 6.54 Å². The number of hydrogen-bond acceptors (Lipinski definition) is 4. The lowest BCUT2D eigenvalue weighted by molar-refractivity contribution is 0.615. The predicted octanol–water partition coefficient (Wildman–Crippen LogP) is 1.31. The first-order valence-electron chi connectivity index (χ1n) is 7.77. The molecule has 2 heterocycles. The van der Waals surface area contributed by atoms with Gasteiger partial charge < -0.3 is 10.6 Å². The Hall–Kier alpha value is -2.60. The second-order valence-corrected chi connectivity index (χ2v) is 6.11. The minimum atomic E-state index is -0.136. The van der Waals surface area contributed by atoms with Crippen molar-refractivity contribution in [2.45, 2.75) is 19.5 Å². The number of aromatic nitrogens is 2. The summed E-state index contributed by atoms with van der Waals surface area (Å²) in [6.45, 7) is 6.44. The zero-order valence-electron chi connectivity index (χ0n) is 13.5. The predicted molar refractivity (Wildman–Crippen MR) is 99.7 cm³/mol. The fourth-order valence-corrected chi connectivity index (χ4v) is 2.53. The van der Waals surface area contributed by atoms with Crippen molar-refractivity contribution in [1.82, 2.24) is 20.6 Å². The number of hydrogen-bond donors (Lipinski definition) is 2. The monoisotopic (exact) mass is 337 g/mol. The van der Waals surface area contributed by atoms with Gasteiger partial charge in [-0.2, -0.15) is 0 Å². The summed E-state index contributed by atoms with van der Waals surface area (Å²) < 4.78 is 0. The third-order valence-corrected chi connectivity index (χ3v) is 3.77. The molecule has 2 aromatic rings. The molecule has 1 aromatic carbocycles. The number of fused-ring (bicyclic) bond motifs is 1. The largest absolute Gasteiger partial charge is 0.359 e. The van der Waals surface area contributed by atoms with Crippen LogP contribution in [0.2, 0.25) is 0 Å². The molecule has 0 amide bonds. The molecule has 1 aliphatic rings. The lowest BCUT2D eigenvalue weighted by Gasteiger charge is -2.17.